The van der Waals surface area contributed by atoms with Crippen molar-refractivity contribution in [2.75, 3.05) is 19.8 Å². The second-order valence-electron chi connectivity index (χ2n) is 2.64. The van der Waals surface area contributed by atoms with E-state index in [1.54, 1.807) is 0 Å². The van der Waals surface area contributed by atoms with Crippen LogP contribution < -0.4 is 16.4 Å². The zero-order valence-electron chi connectivity index (χ0n) is 8.30. The molecule has 0 radical (unpaired) electrons. The molecule has 6 N–H and O–H groups in total. The number of carbonyl (C=O) groups excluding carboxylic acids is 2. The number of nitrogens with one attached hydrogen (secondary N) is 2. The van der Waals surface area contributed by atoms with Crippen molar-refractivity contribution in [3.63, 3.8) is 0 Å². The lowest BCUT2D eigenvalue weighted by Crippen LogP contribution is -2.48. The van der Waals surface area contributed by atoms with Gasteiger partial charge in [0.25, 0.3) is 0 Å². The van der Waals surface area contributed by atoms with E-state index in [9.17, 15) is 14.4 Å². The number of carboxylic acids is 1. The van der Waals surface area contributed by atoms with Crippen molar-refractivity contribution in [2.45, 2.75) is 6.04 Å². The molecule has 0 unspecified atom stereocenters. The van der Waals surface area contributed by atoms with Crippen molar-refractivity contribution >= 4 is 18.1 Å². The van der Waals surface area contributed by atoms with Gasteiger partial charge < -0.3 is 31.3 Å². The SMILES string of the molecule is NC(=O)OCCNC(=O)N[C@H](CO)C(=O)O. The van der Waals surface area contributed by atoms with Gasteiger partial charge in [0.15, 0.2) is 6.04 Å². The number of carboxylic acid groups (broad SMARTS) is 1. The third kappa shape index (κ3) is 6.43. The Labute approximate surface area is 90.6 Å². The van der Waals surface area contributed by atoms with Crippen LogP contribution in [-0.2, 0) is 9.53 Å². The van der Waals surface area contributed by atoms with Crippen LogP contribution in [0.4, 0.5) is 9.59 Å². The number of hydrogen-bond donors (Lipinski definition) is 5. The maximum absolute atomic E-state index is 11.0. The lowest BCUT2D eigenvalue weighted by atomic mass is 10.3. The number of aliphatic hydroxyl groups is 1. The first kappa shape index (κ1) is 14.0. The van der Waals surface area contributed by atoms with Gasteiger partial charge >= 0.3 is 18.1 Å². The Hall–Kier alpha value is -2.03. The van der Waals surface area contributed by atoms with E-state index in [2.05, 4.69) is 15.8 Å². The molecule has 16 heavy (non-hydrogen) atoms. The monoisotopic (exact) mass is 235 g/mol. The van der Waals surface area contributed by atoms with Crippen molar-refractivity contribution < 1.29 is 29.3 Å². The fraction of sp³-hybridized carbons (Fsp3) is 0.571. The minimum atomic E-state index is -1.38. The number of ether oxygens (including phenoxy) is 1. The number of amides is 3. The molecule has 0 bridgehead atoms. The smallest absolute Gasteiger partial charge is 0.404 e. The maximum atomic E-state index is 11.0. The van der Waals surface area contributed by atoms with Crippen LogP contribution in [-0.4, -0.2) is 54.1 Å². The van der Waals surface area contributed by atoms with Gasteiger partial charge in [0.1, 0.15) is 6.61 Å². The summed E-state index contributed by atoms with van der Waals surface area (Å²) in [5.74, 6) is -1.36. The molecule has 0 aromatic rings. The van der Waals surface area contributed by atoms with Gasteiger partial charge in [-0.05, 0) is 0 Å². The molecule has 3 amide bonds. The molecule has 0 aliphatic rings. The Morgan fingerprint density at radius 1 is 1.38 bits per heavy atom. The first-order chi connectivity index (χ1) is 7.47. The second kappa shape index (κ2) is 7.29. The molecule has 0 aromatic heterocycles. The van der Waals surface area contributed by atoms with Crippen LogP contribution in [0.25, 0.3) is 0 Å². The third-order valence-corrected chi connectivity index (χ3v) is 1.42. The lowest BCUT2D eigenvalue weighted by Gasteiger charge is -2.12. The number of aliphatic hydroxyl groups excluding tert-OH is 1. The molecule has 9 heteroatoms. The summed E-state index contributed by atoms with van der Waals surface area (Å²) in [7, 11) is 0. The Kier molecular flexibility index (Phi) is 6.36. The van der Waals surface area contributed by atoms with Crippen LogP contribution in [0.15, 0.2) is 0 Å². The van der Waals surface area contributed by atoms with Gasteiger partial charge in [-0.2, -0.15) is 0 Å². The van der Waals surface area contributed by atoms with Crippen molar-refractivity contribution in [1.82, 2.24) is 10.6 Å². The summed E-state index contributed by atoms with van der Waals surface area (Å²) in [6.07, 6.45) is -0.971. The van der Waals surface area contributed by atoms with E-state index < -0.39 is 30.7 Å². The van der Waals surface area contributed by atoms with Crippen molar-refractivity contribution in [3.05, 3.63) is 0 Å². The van der Waals surface area contributed by atoms with Crippen LogP contribution in [0.5, 0.6) is 0 Å². The van der Waals surface area contributed by atoms with Gasteiger partial charge in [0.05, 0.1) is 13.2 Å². The van der Waals surface area contributed by atoms with Crippen molar-refractivity contribution in [2.24, 2.45) is 5.73 Å². The molecule has 0 saturated carbocycles. The zero-order chi connectivity index (χ0) is 12.6. The maximum Gasteiger partial charge on any atom is 0.404 e. The summed E-state index contributed by atoms with van der Waals surface area (Å²) >= 11 is 0. The van der Waals surface area contributed by atoms with Crippen molar-refractivity contribution in [3.8, 4) is 0 Å². The van der Waals surface area contributed by atoms with E-state index in [4.69, 9.17) is 10.2 Å². The predicted octanol–water partition coefficient (Wildman–Crippen LogP) is -2.17. The van der Waals surface area contributed by atoms with E-state index in [1.807, 2.05) is 5.32 Å². The molecule has 0 aromatic carbocycles. The van der Waals surface area contributed by atoms with E-state index in [0.29, 0.717) is 0 Å². The second-order valence-corrected chi connectivity index (χ2v) is 2.64. The van der Waals surface area contributed by atoms with Crippen LogP contribution in [0.2, 0.25) is 0 Å². The number of rotatable bonds is 6. The molecule has 92 valence electrons. The largest absolute Gasteiger partial charge is 0.480 e. The Morgan fingerprint density at radius 3 is 2.44 bits per heavy atom. The topological polar surface area (TPSA) is 151 Å². The number of carbonyl (C=O) groups is 3. The van der Waals surface area contributed by atoms with Gasteiger partial charge in [-0.15, -0.1) is 0 Å². The van der Waals surface area contributed by atoms with Crippen LogP contribution in [0, 0.1) is 0 Å². The van der Waals surface area contributed by atoms with E-state index in [0.717, 1.165) is 0 Å². The molecule has 0 aliphatic carbocycles. The number of urea groups is 1. The molecule has 9 nitrogen and oxygen atoms in total. The zero-order valence-corrected chi connectivity index (χ0v) is 8.30. The molecule has 0 spiro atoms. The minimum absolute atomic E-state index is 0.0213. The quantitative estimate of drug-likeness (QED) is 0.330. The predicted molar refractivity (Wildman–Crippen MR) is 50.6 cm³/mol. The lowest BCUT2D eigenvalue weighted by molar-refractivity contribution is -0.140. The normalized spacial score (nSPS) is 11.3. The minimum Gasteiger partial charge on any atom is -0.480 e. The first-order valence-corrected chi connectivity index (χ1v) is 4.27. The Morgan fingerprint density at radius 2 is 2.00 bits per heavy atom. The molecule has 0 fully saturated rings. The van der Waals surface area contributed by atoms with Gasteiger partial charge in [-0.1, -0.05) is 0 Å². The van der Waals surface area contributed by atoms with Crippen LogP contribution >= 0.6 is 0 Å². The summed E-state index contributed by atoms with van der Waals surface area (Å²) in [6.45, 7) is -0.868. The molecule has 0 rings (SSSR count). The number of hydrogen-bond acceptors (Lipinski definition) is 5. The van der Waals surface area contributed by atoms with Gasteiger partial charge in [0.2, 0.25) is 0 Å². The summed E-state index contributed by atoms with van der Waals surface area (Å²) in [6, 6.07) is -2.17. The van der Waals surface area contributed by atoms with E-state index >= 15 is 0 Å². The fourth-order valence-electron chi connectivity index (χ4n) is 0.711. The van der Waals surface area contributed by atoms with E-state index in [1.165, 1.54) is 0 Å². The summed E-state index contributed by atoms with van der Waals surface area (Å²) < 4.78 is 4.30. The van der Waals surface area contributed by atoms with E-state index in [-0.39, 0.29) is 13.2 Å². The van der Waals surface area contributed by atoms with Gasteiger partial charge in [0, 0.05) is 0 Å². The summed E-state index contributed by atoms with van der Waals surface area (Å²) in [4.78, 5) is 31.5. The van der Waals surface area contributed by atoms with Gasteiger partial charge in [-0.3, -0.25) is 0 Å². The Bertz CT molecular complexity index is 269. The van der Waals surface area contributed by atoms with Crippen molar-refractivity contribution in [1.29, 1.82) is 0 Å². The summed E-state index contributed by atoms with van der Waals surface area (Å²) in [5.41, 5.74) is 4.65. The highest BCUT2D eigenvalue weighted by atomic mass is 16.5. The molecule has 0 heterocycles. The average Bonchev–Trinajstić information content (AvgIpc) is 2.20. The Balaban J connectivity index is 3.73. The number of primary amides is 1. The van der Waals surface area contributed by atoms with Crippen LogP contribution in [0.1, 0.15) is 0 Å². The standard InChI is InChI=1S/C7H13N3O6/c8-6(14)16-2-1-9-7(15)10-4(3-11)5(12)13/h4,11H,1-3H2,(H2,8,14)(H,12,13)(H2,9,10,15)/t4-/m1/s1. The third-order valence-electron chi connectivity index (χ3n) is 1.42. The highest BCUT2D eigenvalue weighted by Crippen LogP contribution is 1.82. The molecular formula is C7H13N3O6. The number of nitrogens with two attached hydrogens (primary N) is 1. The molecule has 0 aliphatic heterocycles. The molecular weight excluding hydrogens is 222 g/mol. The number of aliphatic carboxylic acids is 1. The average molecular weight is 235 g/mol. The highest BCUT2D eigenvalue weighted by Gasteiger charge is 2.17. The highest BCUT2D eigenvalue weighted by molar-refractivity contribution is 5.82. The summed E-state index contributed by atoms with van der Waals surface area (Å²) in [5, 5.41) is 21.2. The van der Waals surface area contributed by atoms with Gasteiger partial charge in [-0.25, -0.2) is 14.4 Å². The fourth-order valence-corrected chi connectivity index (χ4v) is 0.711. The van der Waals surface area contributed by atoms with Crippen LogP contribution in [0.3, 0.4) is 0 Å². The molecule has 0 saturated heterocycles. The molecule has 1 atom stereocenters. The first-order valence-electron chi connectivity index (χ1n) is 4.27.